The molecule has 0 bridgehead atoms. The fourth-order valence-electron chi connectivity index (χ4n) is 2.35. The van der Waals surface area contributed by atoms with Crippen molar-refractivity contribution in [3.63, 3.8) is 0 Å². The predicted molar refractivity (Wildman–Crippen MR) is 65.3 cm³/mol. The van der Waals surface area contributed by atoms with Gasteiger partial charge in [0.2, 0.25) is 0 Å². The van der Waals surface area contributed by atoms with Gasteiger partial charge in [-0.25, -0.2) is 9.97 Å². The molecule has 0 saturated heterocycles. The third-order valence-electron chi connectivity index (χ3n) is 3.17. The van der Waals surface area contributed by atoms with Gasteiger partial charge in [0.1, 0.15) is 5.82 Å². The van der Waals surface area contributed by atoms with Crippen molar-refractivity contribution in [2.24, 2.45) is 5.92 Å². The number of aromatic nitrogens is 2. The van der Waals surface area contributed by atoms with E-state index in [9.17, 15) is 0 Å². The number of nitrogens with zero attached hydrogens (tertiary/aromatic N) is 2. The Labute approximate surface area is 97.7 Å². The van der Waals surface area contributed by atoms with Gasteiger partial charge in [-0.15, -0.1) is 0 Å². The molecule has 1 unspecified atom stereocenters. The van der Waals surface area contributed by atoms with E-state index in [2.05, 4.69) is 24.1 Å². The monoisotopic (exact) mass is 219 g/mol. The Morgan fingerprint density at radius 2 is 2.31 bits per heavy atom. The minimum Gasteiger partial charge on any atom is -0.313 e. The first-order valence-corrected chi connectivity index (χ1v) is 6.22. The first kappa shape index (κ1) is 11.5. The third-order valence-corrected chi connectivity index (χ3v) is 3.17. The average Bonchev–Trinajstić information content (AvgIpc) is 2.27. The van der Waals surface area contributed by atoms with E-state index < -0.39 is 0 Å². The van der Waals surface area contributed by atoms with Crippen molar-refractivity contribution in [2.75, 3.05) is 7.05 Å². The number of hydrogen-bond donors (Lipinski definition) is 1. The Balaban J connectivity index is 2.24. The van der Waals surface area contributed by atoms with Crippen LogP contribution in [0.3, 0.4) is 0 Å². The zero-order valence-corrected chi connectivity index (χ0v) is 10.5. The van der Waals surface area contributed by atoms with Crippen molar-refractivity contribution < 1.29 is 0 Å². The molecule has 1 aliphatic carbocycles. The van der Waals surface area contributed by atoms with Crippen LogP contribution in [-0.4, -0.2) is 17.0 Å². The van der Waals surface area contributed by atoms with E-state index >= 15 is 0 Å². The molecule has 0 aliphatic heterocycles. The van der Waals surface area contributed by atoms with E-state index in [0.29, 0.717) is 12.0 Å². The Bertz CT molecular complexity index is 360. The Kier molecular flexibility index (Phi) is 3.54. The van der Waals surface area contributed by atoms with Crippen LogP contribution in [-0.2, 0) is 12.8 Å². The van der Waals surface area contributed by atoms with Gasteiger partial charge >= 0.3 is 0 Å². The lowest BCUT2D eigenvalue weighted by Gasteiger charge is -2.24. The van der Waals surface area contributed by atoms with Gasteiger partial charge in [0.25, 0.3) is 0 Å². The summed E-state index contributed by atoms with van der Waals surface area (Å²) in [5.41, 5.74) is 2.57. The molecule has 1 aromatic rings. The second-order valence-electron chi connectivity index (χ2n) is 5.02. The second-order valence-corrected chi connectivity index (χ2v) is 5.02. The van der Waals surface area contributed by atoms with Gasteiger partial charge in [0, 0.05) is 29.9 Å². The Morgan fingerprint density at radius 3 is 3.00 bits per heavy atom. The largest absolute Gasteiger partial charge is 0.313 e. The van der Waals surface area contributed by atoms with Crippen LogP contribution < -0.4 is 5.32 Å². The molecule has 1 aliphatic rings. The van der Waals surface area contributed by atoms with E-state index in [1.807, 2.05) is 13.2 Å². The zero-order valence-electron chi connectivity index (χ0n) is 10.5. The first-order chi connectivity index (χ1) is 7.70. The molecule has 3 nitrogen and oxygen atoms in total. The van der Waals surface area contributed by atoms with Crippen molar-refractivity contribution in [3.8, 4) is 0 Å². The highest BCUT2D eigenvalue weighted by Crippen LogP contribution is 2.27. The topological polar surface area (TPSA) is 37.8 Å². The lowest BCUT2D eigenvalue weighted by atomic mass is 9.92. The highest BCUT2D eigenvalue weighted by Gasteiger charge is 2.20. The van der Waals surface area contributed by atoms with Gasteiger partial charge in [-0.2, -0.15) is 0 Å². The SMILES string of the molecule is CNC1CCCc2nc(CC(C)C)ncc21. The molecule has 0 saturated carbocycles. The summed E-state index contributed by atoms with van der Waals surface area (Å²) in [7, 11) is 2.02. The number of rotatable bonds is 3. The minimum absolute atomic E-state index is 0.455. The summed E-state index contributed by atoms with van der Waals surface area (Å²) in [6.07, 6.45) is 6.56. The maximum atomic E-state index is 4.70. The molecule has 3 heteroatoms. The molecule has 0 radical (unpaired) electrons. The molecule has 0 spiro atoms. The molecule has 0 amide bonds. The van der Waals surface area contributed by atoms with Gasteiger partial charge in [-0.3, -0.25) is 0 Å². The summed E-state index contributed by atoms with van der Waals surface area (Å²) in [5.74, 6) is 1.63. The number of aryl methyl sites for hydroxylation is 1. The molecule has 1 atom stereocenters. The maximum Gasteiger partial charge on any atom is 0.128 e. The van der Waals surface area contributed by atoms with Crippen LogP contribution in [0.25, 0.3) is 0 Å². The summed E-state index contributed by atoms with van der Waals surface area (Å²) in [6, 6.07) is 0.455. The average molecular weight is 219 g/mol. The normalized spacial score (nSPS) is 19.9. The van der Waals surface area contributed by atoms with E-state index in [-0.39, 0.29) is 0 Å². The van der Waals surface area contributed by atoms with Crippen molar-refractivity contribution in [2.45, 2.75) is 45.6 Å². The molecule has 88 valence electrons. The van der Waals surface area contributed by atoms with Gasteiger partial charge in [-0.05, 0) is 32.2 Å². The molecular weight excluding hydrogens is 198 g/mol. The van der Waals surface area contributed by atoms with Crippen molar-refractivity contribution in [1.29, 1.82) is 0 Å². The van der Waals surface area contributed by atoms with E-state index in [1.54, 1.807) is 0 Å². The van der Waals surface area contributed by atoms with Crippen LogP contribution in [0.4, 0.5) is 0 Å². The first-order valence-electron chi connectivity index (χ1n) is 6.22. The summed E-state index contributed by atoms with van der Waals surface area (Å²) in [6.45, 7) is 4.42. The molecule has 0 fully saturated rings. The van der Waals surface area contributed by atoms with E-state index in [0.717, 1.165) is 18.7 Å². The van der Waals surface area contributed by atoms with Gasteiger partial charge in [0.15, 0.2) is 0 Å². The quantitative estimate of drug-likeness (QED) is 0.847. The van der Waals surface area contributed by atoms with E-state index in [4.69, 9.17) is 4.98 Å². The molecule has 1 heterocycles. The fourth-order valence-corrected chi connectivity index (χ4v) is 2.35. The van der Waals surface area contributed by atoms with Gasteiger partial charge in [0.05, 0.1) is 0 Å². The van der Waals surface area contributed by atoms with Crippen LogP contribution in [0.5, 0.6) is 0 Å². The minimum atomic E-state index is 0.455. The smallest absolute Gasteiger partial charge is 0.128 e. The Hall–Kier alpha value is -0.960. The van der Waals surface area contributed by atoms with Crippen LogP contribution in [0.15, 0.2) is 6.20 Å². The number of hydrogen-bond acceptors (Lipinski definition) is 3. The highest BCUT2D eigenvalue weighted by atomic mass is 14.9. The fraction of sp³-hybridized carbons (Fsp3) is 0.692. The second kappa shape index (κ2) is 4.91. The summed E-state index contributed by atoms with van der Waals surface area (Å²) in [5, 5.41) is 3.34. The number of fused-ring (bicyclic) bond motifs is 1. The summed E-state index contributed by atoms with van der Waals surface area (Å²) in [4.78, 5) is 9.18. The molecule has 16 heavy (non-hydrogen) atoms. The maximum absolute atomic E-state index is 4.70. The summed E-state index contributed by atoms with van der Waals surface area (Å²) < 4.78 is 0. The third kappa shape index (κ3) is 2.40. The van der Waals surface area contributed by atoms with Crippen LogP contribution in [0.2, 0.25) is 0 Å². The van der Waals surface area contributed by atoms with Crippen molar-refractivity contribution in [3.05, 3.63) is 23.3 Å². The predicted octanol–water partition coefficient (Wildman–Crippen LogP) is 2.27. The van der Waals surface area contributed by atoms with Crippen molar-refractivity contribution >= 4 is 0 Å². The summed E-state index contributed by atoms with van der Waals surface area (Å²) >= 11 is 0. The number of nitrogens with one attached hydrogen (secondary N) is 1. The van der Waals surface area contributed by atoms with Crippen LogP contribution in [0.1, 0.15) is 49.8 Å². The molecular formula is C13H21N3. The van der Waals surface area contributed by atoms with E-state index in [1.165, 1.54) is 24.1 Å². The molecule has 2 rings (SSSR count). The molecule has 1 N–H and O–H groups in total. The van der Waals surface area contributed by atoms with Crippen LogP contribution in [0, 0.1) is 5.92 Å². The lowest BCUT2D eigenvalue weighted by molar-refractivity contribution is 0.483. The zero-order chi connectivity index (χ0) is 11.5. The van der Waals surface area contributed by atoms with Crippen LogP contribution >= 0.6 is 0 Å². The molecule has 0 aromatic carbocycles. The van der Waals surface area contributed by atoms with Gasteiger partial charge < -0.3 is 5.32 Å². The molecule has 1 aromatic heterocycles. The highest BCUT2D eigenvalue weighted by molar-refractivity contribution is 5.24. The van der Waals surface area contributed by atoms with Gasteiger partial charge in [-0.1, -0.05) is 13.8 Å². The van der Waals surface area contributed by atoms with Crippen molar-refractivity contribution in [1.82, 2.24) is 15.3 Å². The standard InChI is InChI=1S/C13H21N3/c1-9(2)7-13-15-8-10-11(14-3)5-4-6-12(10)16-13/h8-9,11,14H,4-7H2,1-3H3. The lowest BCUT2D eigenvalue weighted by Crippen LogP contribution is -2.23. The Morgan fingerprint density at radius 1 is 1.50 bits per heavy atom.